The van der Waals surface area contributed by atoms with Gasteiger partial charge in [-0.1, -0.05) is 11.6 Å². The van der Waals surface area contributed by atoms with Crippen molar-refractivity contribution >= 4 is 5.91 Å². The van der Waals surface area contributed by atoms with Crippen molar-refractivity contribution in [2.24, 2.45) is 7.05 Å². The number of hydrogen-bond donors (Lipinski definition) is 0. The van der Waals surface area contributed by atoms with Gasteiger partial charge in [-0.15, -0.1) is 0 Å². The number of rotatable bonds is 2. The molecular formula is C17H19FN2O2. The van der Waals surface area contributed by atoms with E-state index in [1.54, 1.807) is 17.0 Å². The first-order valence-electron chi connectivity index (χ1n) is 7.34. The van der Waals surface area contributed by atoms with Crippen molar-refractivity contribution in [3.63, 3.8) is 0 Å². The molecule has 2 aromatic rings. The van der Waals surface area contributed by atoms with Crippen LogP contribution in [0.4, 0.5) is 4.39 Å². The number of carbonyl (C=O) groups excluding carboxylic acids is 1. The number of ether oxygens (including phenoxy) is 1. The Balaban J connectivity index is 1.95. The maximum Gasteiger partial charge on any atom is 0.257 e. The zero-order valence-corrected chi connectivity index (χ0v) is 12.8. The van der Waals surface area contributed by atoms with Gasteiger partial charge in [0.1, 0.15) is 5.82 Å². The summed E-state index contributed by atoms with van der Waals surface area (Å²) in [6, 6.07) is 8.32. The smallest absolute Gasteiger partial charge is 0.257 e. The highest BCUT2D eigenvalue weighted by Gasteiger charge is 2.31. The molecule has 5 heteroatoms. The van der Waals surface area contributed by atoms with Gasteiger partial charge in [0.05, 0.1) is 24.8 Å². The van der Waals surface area contributed by atoms with E-state index in [2.05, 4.69) is 0 Å². The Bertz CT molecular complexity index is 696. The Morgan fingerprint density at radius 2 is 2.18 bits per heavy atom. The van der Waals surface area contributed by atoms with Crippen LogP contribution in [0.25, 0.3) is 0 Å². The summed E-state index contributed by atoms with van der Waals surface area (Å²) in [5, 5.41) is 0. The second kappa shape index (κ2) is 5.93. The van der Waals surface area contributed by atoms with E-state index in [1.807, 2.05) is 36.9 Å². The SMILES string of the molecule is Cc1ccc(F)c(C(=O)N2CCOC[C@H]2c2cccn2C)c1. The molecule has 1 fully saturated rings. The highest BCUT2D eigenvalue weighted by atomic mass is 19.1. The Labute approximate surface area is 129 Å². The van der Waals surface area contributed by atoms with Crippen LogP contribution in [0.3, 0.4) is 0 Å². The van der Waals surface area contributed by atoms with E-state index >= 15 is 0 Å². The van der Waals surface area contributed by atoms with E-state index in [-0.39, 0.29) is 17.5 Å². The van der Waals surface area contributed by atoms with Crippen LogP contribution in [0.5, 0.6) is 0 Å². The lowest BCUT2D eigenvalue weighted by Gasteiger charge is -2.36. The number of amides is 1. The van der Waals surface area contributed by atoms with Crippen LogP contribution in [0, 0.1) is 12.7 Å². The lowest BCUT2D eigenvalue weighted by molar-refractivity contribution is -0.00487. The molecule has 0 saturated carbocycles. The molecule has 2 heterocycles. The molecule has 1 aromatic heterocycles. The summed E-state index contributed by atoms with van der Waals surface area (Å²) >= 11 is 0. The molecule has 1 aromatic carbocycles. The fourth-order valence-electron chi connectivity index (χ4n) is 2.87. The first-order chi connectivity index (χ1) is 10.6. The highest BCUT2D eigenvalue weighted by molar-refractivity contribution is 5.95. The molecule has 1 atom stereocenters. The lowest BCUT2D eigenvalue weighted by atomic mass is 10.1. The van der Waals surface area contributed by atoms with E-state index in [0.717, 1.165) is 11.3 Å². The molecule has 0 radical (unpaired) electrons. The second-order valence-electron chi connectivity index (χ2n) is 5.62. The van der Waals surface area contributed by atoms with Crippen LogP contribution in [-0.4, -0.2) is 35.1 Å². The van der Waals surface area contributed by atoms with Gasteiger partial charge in [0.25, 0.3) is 5.91 Å². The molecule has 0 bridgehead atoms. The number of hydrogen-bond acceptors (Lipinski definition) is 2. The average Bonchev–Trinajstić information content (AvgIpc) is 2.95. The van der Waals surface area contributed by atoms with Crippen molar-refractivity contribution < 1.29 is 13.9 Å². The number of benzene rings is 1. The van der Waals surface area contributed by atoms with Crippen molar-refractivity contribution in [1.29, 1.82) is 0 Å². The first-order valence-corrected chi connectivity index (χ1v) is 7.34. The first kappa shape index (κ1) is 14.8. The molecule has 1 amide bonds. The molecule has 0 unspecified atom stereocenters. The third kappa shape index (κ3) is 2.64. The minimum absolute atomic E-state index is 0.126. The Morgan fingerprint density at radius 3 is 2.91 bits per heavy atom. The minimum atomic E-state index is -0.479. The van der Waals surface area contributed by atoms with Crippen molar-refractivity contribution in [2.75, 3.05) is 19.8 Å². The number of morpholine rings is 1. The van der Waals surface area contributed by atoms with Gasteiger partial charge in [-0.3, -0.25) is 4.79 Å². The zero-order valence-electron chi connectivity index (χ0n) is 12.8. The average molecular weight is 302 g/mol. The van der Waals surface area contributed by atoms with Gasteiger partial charge < -0.3 is 14.2 Å². The van der Waals surface area contributed by atoms with E-state index < -0.39 is 5.82 Å². The van der Waals surface area contributed by atoms with Gasteiger partial charge in [0.15, 0.2) is 0 Å². The summed E-state index contributed by atoms with van der Waals surface area (Å²) < 4.78 is 21.5. The number of halogens is 1. The van der Waals surface area contributed by atoms with Crippen molar-refractivity contribution in [3.8, 4) is 0 Å². The molecule has 0 N–H and O–H groups in total. The van der Waals surface area contributed by atoms with Crippen LogP contribution >= 0.6 is 0 Å². The fourth-order valence-corrected chi connectivity index (χ4v) is 2.87. The predicted molar refractivity (Wildman–Crippen MR) is 81.1 cm³/mol. The summed E-state index contributed by atoms with van der Waals surface area (Å²) in [7, 11) is 1.93. The highest BCUT2D eigenvalue weighted by Crippen LogP contribution is 2.27. The van der Waals surface area contributed by atoms with Crippen molar-refractivity contribution in [3.05, 3.63) is 59.2 Å². The third-order valence-corrected chi connectivity index (χ3v) is 4.07. The van der Waals surface area contributed by atoms with Gasteiger partial charge in [-0.2, -0.15) is 0 Å². The summed E-state index contributed by atoms with van der Waals surface area (Å²) in [5.74, 6) is -0.761. The zero-order chi connectivity index (χ0) is 15.7. The van der Waals surface area contributed by atoms with Gasteiger partial charge in [0, 0.05) is 25.5 Å². The van der Waals surface area contributed by atoms with E-state index in [1.165, 1.54) is 6.07 Å². The summed E-state index contributed by atoms with van der Waals surface area (Å²) in [6.07, 6.45) is 1.93. The maximum atomic E-state index is 14.0. The van der Waals surface area contributed by atoms with Crippen LogP contribution in [0.2, 0.25) is 0 Å². The molecule has 1 aliphatic heterocycles. The van der Waals surface area contributed by atoms with Gasteiger partial charge in [-0.05, 0) is 31.2 Å². The number of aromatic nitrogens is 1. The van der Waals surface area contributed by atoms with Crippen LogP contribution in [0.1, 0.15) is 27.7 Å². The quantitative estimate of drug-likeness (QED) is 0.855. The molecule has 22 heavy (non-hydrogen) atoms. The topological polar surface area (TPSA) is 34.5 Å². The van der Waals surface area contributed by atoms with Crippen molar-refractivity contribution in [2.45, 2.75) is 13.0 Å². The van der Waals surface area contributed by atoms with Gasteiger partial charge in [0.2, 0.25) is 0 Å². The molecule has 3 rings (SSSR count). The normalized spacial score (nSPS) is 18.5. The lowest BCUT2D eigenvalue weighted by Crippen LogP contribution is -2.44. The molecule has 0 spiro atoms. The molecule has 0 aliphatic carbocycles. The minimum Gasteiger partial charge on any atom is -0.377 e. The fraction of sp³-hybridized carbons (Fsp3) is 0.353. The van der Waals surface area contributed by atoms with Crippen LogP contribution < -0.4 is 0 Å². The van der Waals surface area contributed by atoms with Crippen LogP contribution in [-0.2, 0) is 11.8 Å². The molecule has 1 saturated heterocycles. The summed E-state index contributed by atoms with van der Waals surface area (Å²) in [6.45, 7) is 3.21. The van der Waals surface area contributed by atoms with E-state index in [4.69, 9.17) is 4.74 Å². The molecule has 1 aliphatic rings. The second-order valence-corrected chi connectivity index (χ2v) is 5.62. The third-order valence-electron chi connectivity index (χ3n) is 4.07. The van der Waals surface area contributed by atoms with E-state index in [0.29, 0.717) is 19.8 Å². The summed E-state index contributed by atoms with van der Waals surface area (Å²) in [5.41, 5.74) is 1.98. The standard InChI is InChI=1S/C17H19FN2O2/c1-12-5-6-14(18)13(10-12)17(21)20-8-9-22-11-16(20)15-4-3-7-19(15)2/h3-7,10,16H,8-9,11H2,1-2H3/t16-/m0/s1. The van der Waals surface area contributed by atoms with Gasteiger partial charge >= 0.3 is 0 Å². The van der Waals surface area contributed by atoms with Crippen molar-refractivity contribution in [1.82, 2.24) is 9.47 Å². The molecular weight excluding hydrogens is 283 g/mol. The largest absolute Gasteiger partial charge is 0.377 e. The maximum absolute atomic E-state index is 14.0. The number of carbonyl (C=O) groups is 1. The number of aryl methyl sites for hydroxylation is 2. The summed E-state index contributed by atoms with van der Waals surface area (Å²) in [4.78, 5) is 14.5. The van der Waals surface area contributed by atoms with E-state index in [9.17, 15) is 9.18 Å². The Kier molecular flexibility index (Phi) is 3.98. The molecule has 4 nitrogen and oxygen atoms in total. The number of nitrogens with zero attached hydrogens (tertiary/aromatic N) is 2. The Morgan fingerprint density at radius 1 is 1.36 bits per heavy atom. The predicted octanol–water partition coefficient (Wildman–Crippen LogP) is 2.69. The van der Waals surface area contributed by atoms with Crippen LogP contribution in [0.15, 0.2) is 36.5 Å². The van der Waals surface area contributed by atoms with Gasteiger partial charge in [-0.25, -0.2) is 4.39 Å². The Hall–Kier alpha value is -2.14. The monoisotopic (exact) mass is 302 g/mol. The molecule has 116 valence electrons.